The van der Waals surface area contributed by atoms with Gasteiger partial charge in [-0.15, -0.1) is 0 Å². The average Bonchev–Trinajstić information content (AvgIpc) is 2.88. The van der Waals surface area contributed by atoms with Crippen molar-refractivity contribution >= 4 is 5.97 Å². The molecule has 2 aromatic heterocycles. The third-order valence-electron chi connectivity index (χ3n) is 3.25. The Hall–Kier alpha value is -2.17. The lowest BCUT2D eigenvalue weighted by Gasteiger charge is -2.04. The first-order valence-electron chi connectivity index (χ1n) is 5.94. The summed E-state index contributed by atoms with van der Waals surface area (Å²) in [6, 6.07) is 3.82. The van der Waals surface area contributed by atoms with Gasteiger partial charge in [0.2, 0.25) is 0 Å². The smallest absolute Gasteiger partial charge is 0.356 e. The van der Waals surface area contributed by atoms with Crippen LogP contribution in [-0.2, 0) is 12.8 Å². The van der Waals surface area contributed by atoms with Crippen LogP contribution in [0.2, 0.25) is 0 Å². The summed E-state index contributed by atoms with van der Waals surface area (Å²) in [5.74, 6) is -0.264. The van der Waals surface area contributed by atoms with Crippen LogP contribution in [0, 0.1) is 6.92 Å². The number of hydrogen-bond donors (Lipinski definition) is 1. The van der Waals surface area contributed by atoms with E-state index in [0.717, 1.165) is 36.1 Å². The van der Waals surface area contributed by atoms with Crippen molar-refractivity contribution in [2.24, 2.45) is 0 Å². The maximum absolute atomic E-state index is 11.2. The van der Waals surface area contributed by atoms with Gasteiger partial charge >= 0.3 is 5.97 Å². The third-order valence-corrected chi connectivity index (χ3v) is 3.25. The minimum Gasteiger partial charge on any atom is -0.476 e. The monoisotopic (exact) mass is 243 g/mol. The summed E-state index contributed by atoms with van der Waals surface area (Å²) in [4.78, 5) is 15.4. The predicted molar refractivity (Wildman–Crippen MR) is 65.1 cm³/mol. The molecule has 0 radical (unpaired) electrons. The summed E-state index contributed by atoms with van der Waals surface area (Å²) >= 11 is 0. The molecule has 0 aliphatic heterocycles. The van der Waals surface area contributed by atoms with Crippen molar-refractivity contribution in [3.8, 4) is 5.82 Å². The topological polar surface area (TPSA) is 68.0 Å². The largest absolute Gasteiger partial charge is 0.476 e. The van der Waals surface area contributed by atoms with Gasteiger partial charge in [-0.3, -0.25) is 0 Å². The molecule has 0 bridgehead atoms. The molecule has 92 valence electrons. The van der Waals surface area contributed by atoms with Gasteiger partial charge in [0.05, 0.1) is 5.69 Å². The molecule has 1 aliphatic rings. The van der Waals surface area contributed by atoms with Crippen LogP contribution in [0.25, 0.3) is 5.82 Å². The maximum atomic E-state index is 11.2. The zero-order chi connectivity index (χ0) is 12.7. The number of pyridine rings is 1. The van der Waals surface area contributed by atoms with Gasteiger partial charge in [-0.1, -0.05) is 0 Å². The van der Waals surface area contributed by atoms with Gasteiger partial charge in [-0.2, -0.15) is 5.10 Å². The fraction of sp³-hybridized carbons (Fsp3) is 0.308. The van der Waals surface area contributed by atoms with E-state index in [-0.39, 0.29) is 5.69 Å². The van der Waals surface area contributed by atoms with Crippen molar-refractivity contribution in [1.29, 1.82) is 0 Å². The van der Waals surface area contributed by atoms with E-state index < -0.39 is 5.97 Å². The lowest BCUT2D eigenvalue weighted by molar-refractivity contribution is 0.0689. The second kappa shape index (κ2) is 3.94. The molecular weight excluding hydrogens is 230 g/mol. The molecule has 0 spiro atoms. The molecule has 0 fully saturated rings. The van der Waals surface area contributed by atoms with Crippen molar-refractivity contribution in [3.05, 3.63) is 40.8 Å². The van der Waals surface area contributed by atoms with Crippen LogP contribution in [0.3, 0.4) is 0 Å². The van der Waals surface area contributed by atoms with Crippen LogP contribution in [-0.4, -0.2) is 25.8 Å². The number of aromatic nitrogens is 3. The number of aromatic carboxylic acids is 1. The molecule has 5 heteroatoms. The van der Waals surface area contributed by atoms with E-state index in [0.29, 0.717) is 5.82 Å². The molecule has 0 saturated heterocycles. The SMILES string of the molecule is Cc1ccnc(-n2nc(C(=O)O)c3c2CCC3)c1. The van der Waals surface area contributed by atoms with Crippen LogP contribution in [0.5, 0.6) is 0 Å². The van der Waals surface area contributed by atoms with E-state index in [4.69, 9.17) is 5.11 Å². The lowest BCUT2D eigenvalue weighted by Crippen LogP contribution is -2.06. The van der Waals surface area contributed by atoms with E-state index in [1.54, 1.807) is 10.9 Å². The van der Waals surface area contributed by atoms with Crippen molar-refractivity contribution in [3.63, 3.8) is 0 Å². The predicted octanol–water partition coefficient (Wildman–Crippen LogP) is 1.76. The molecule has 0 saturated carbocycles. The average molecular weight is 243 g/mol. The van der Waals surface area contributed by atoms with E-state index in [2.05, 4.69) is 10.1 Å². The Morgan fingerprint density at radius 3 is 3.00 bits per heavy atom. The quantitative estimate of drug-likeness (QED) is 0.872. The minimum atomic E-state index is -0.959. The summed E-state index contributed by atoms with van der Waals surface area (Å²) in [6.45, 7) is 1.98. The van der Waals surface area contributed by atoms with Gasteiger partial charge in [-0.25, -0.2) is 14.5 Å². The van der Waals surface area contributed by atoms with E-state index in [1.165, 1.54) is 0 Å². The zero-order valence-electron chi connectivity index (χ0n) is 10.1. The van der Waals surface area contributed by atoms with Crippen LogP contribution in [0.4, 0.5) is 0 Å². The molecule has 0 unspecified atom stereocenters. The van der Waals surface area contributed by atoms with Crippen molar-refractivity contribution < 1.29 is 9.90 Å². The first-order valence-corrected chi connectivity index (χ1v) is 5.94. The Balaban J connectivity index is 2.19. The Bertz CT molecular complexity index is 631. The van der Waals surface area contributed by atoms with Crippen molar-refractivity contribution in [2.45, 2.75) is 26.2 Å². The molecule has 2 aromatic rings. The molecule has 1 N–H and O–H groups in total. The van der Waals surface area contributed by atoms with Gasteiger partial charge in [0, 0.05) is 11.8 Å². The molecule has 0 amide bonds. The number of fused-ring (bicyclic) bond motifs is 1. The lowest BCUT2D eigenvalue weighted by atomic mass is 10.2. The molecule has 1 aliphatic carbocycles. The summed E-state index contributed by atoms with van der Waals surface area (Å²) < 4.78 is 1.68. The normalized spacial score (nSPS) is 13.6. The Morgan fingerprint density at radius 1 is 1.44 bits per heavy atom. The molecule has 0 atom stereocenters. The minimum absolute atomic E-state index is 0.172. The van der Waals surface area contributed by atoms with Gasteiger partial charge in [-0.05, 0) is 43.9 Å². The van der Waals surface area contributed by atoms with Gasteiger partial charge in [0.1, 0.15) is 0 Å². The van der Waals surface area contributed by atoms with E-state index in [1.807, 2.05) is 19.1 Å². The number of carbonyl (C=O) groups is 1. The number of aryl methyl sites for hydroxylation is 1. The number of hydrogen-bond acceptors (Lipinski definition) is 3. The fourth-order valence-corrected chi connectivity index (χ4v) is 2.43. The number of rotatable bonds is 2. The molecule has 5 nitrogen and oxygen atoms in total. The first kappa shape index (κ1) is 11.0. The molecule has 2 heterocycles. The van der Waals surface area contributed by atoms with E-state index >= 15 is 0 Å². The highest BCUT2D eigenvalue weighted by molar-refractivity contribution is 5.87. The Morgan fingerprint density at radius 2 is 2.28 bits per heavy atom. The molecule has 0 aromatic carbocycles. The first-order chi connectivity index (χ1) is 8.66. The third kappa shape index (κ3) is 1.59. The number of carboxylic acid groups (broad SMARTS) is 1. The molecule has 18 heavy (non-hydrogen) atoms. The van der Waals surface area contributed by atoms with Gasteiger partial charge in [0.15, 0.2) is 11.5 Å². The van der Waals surface area contributed by atoms with E-state index in [9.17, 15) is 4.79 Å². The zero-order valence-corrected chi connectivity index (χ0v) is 10.1. The summed E-state index contributed by atoms with van der Waals surface area (Å²) in [5.41, 5.74) is 3.11. The highest BCUT2D eigenvalue weighted by Crippen LogP contribution is 2.27. The molecular formula is C13H13N3O2. The van der Waals surface area contributed by atoms with Crippen LogP contribution in [0.1, 0.15) is 33.7 Å². The Labute approximate surface area is 104 Å². The summed E-state index contributed by atoms with van der Waals surface area (Å²) in [6.07, 6.45) is 4.36. The highest BCUT2D eigenvalue weighted by atomic mass is 16.4. The summed E-state index contributed by atoms with van der Waals surface area (Å²) in [7, 11) is 0. The Kier molecular flexibility index (Phi) is 2.40. The van der Waals surface area contributed by atoms with Crippen molar-refractivity contribution in [1.82, 2.24) is 14.8 Å². The van der Waals surface area contributed by atoms with Gasteiger partial charge in [0.25, 0.3) is 0 Å². The standard InChI is InChI=1S/C13H13N3O2/c1-8-5-6-14-11(7-8)16-10-4-2-3-9(10)12(15-16)13(17)18/h5-7H,2-4H2,1H3,(H,17,18). The van der Waals surface area contributed by atoms with Crippen molar-refractivity contribution in [2.75, 3.05) is 0 Å². The van der Waals surface area contributed by atoms with Crippen LogP contribution in [0.15, 0.2) is 18.3 Å². The van der Waals surface area contributed by atoms with Crippen LogP contribution >= 0.6 is 0 Å². The number of nitrogens with zero attached hydrogens (tertiary/aromatic N) is 3. The maximum Gasteiger partial charge on any atom is 0.356 e. The second-order valence-corrected chi connectivity index (χ2v) is 4.54. The number of carboxylic acids is 1. The van der Waals surface area contributed by atoms with Gasteiger partial charge < -0.3 is 5.11 Å². The fourth-order valence-electron chi connectivity index (χ4n) is 2.43. The molecule has 3 rings (SSSR count). The van der Waals surface area contributed by atoms with Crippen LogP contribution < -0.4 is 0 Å². The second-order valence-electron chi connectivity index (χ2n) is 4.54. The highest BCUT2D eigenvalue weighted by Gasteiger charge is 2.26. The summed E-state index contributed by atoms with van der Waals surface area (Å²) in [5, 5.41) is 13.4.